The highest BCUT2D eigenvalue weighted by molar-refractivity contribution is 7.13. The fourth-order valence-corrected chi connectivity index (χ4v) is 3.68. The van der Waals surface area contributed by atoms with Crippen LogP contribution in [-0.4, -0.2) is 42.0 Å². The number of likely N-dealkylation sites (N-methyl/N-ethyl adjacent to an activating group) is 1. The second-order valence-corrected chi connectivity index (χ2v) is 6.88. The Balaban J connectivity index is 0.00000208. The summed E-state index contributed by atoms with van der Waals surface area (Å²) in [6.45, 7) is 4.05. The Morgan fingerprint density at radius 2 is 2.12 bits per heavy atom. The van der Waals surface area contributed by atoms with Crippen LogP contribution in [0.2, 0.25) is 0 Å². The molecule has 1 fully saturated rings. The molecule has 130 valence electrons. The van der Waals surface area contributed by atoms with Crippen molar-refractivity contribution >= 4 is 29.7 Å². The van der Waals surface area contributed by atoms with Gasteiger partial charge in [0.05, 0.1) is 12.1 Å². The fraction of sp³-hybridized carbons (Fsp3) is 0.444. The highest BCUT2D eigenvalue weighted by atomic mass is 35.5. The minimum atomic E-state index is 0. The van der Waals surface area contributed by atoms with Gasteiger partial charge in [-0.05, 0) is 24.9 Å². The zero-order chi connectivity index (χ0) is 16.2. The van der Waals surface area contributed by atoms with Gasteiger partial charge in [-0.15, -0.1) is 23.7 Å². The molecule has 0 radical (unpaired) electrons. The number of aryl methyl sites for hydroxylation is 1. The molecule has 1 saturated heterocycles. The van der Waals surface area contributed by atoms with E-state index in [1.807, 2.05) is 17.3 Å². The van der Waals surface area contributed by atoms with Crippen LogP contribution in [0.3, 0.4) is 0 Å². The number of amides is 1. The quantitative estimate of drug-likeness (QED) is 0.885. The third-order valence-corrected chi connectivity index (χ3v) is 5.41. The lowest BCUT2D eigenvalue weighted by Gasteiger charge is -2.23. The molecule has 1 amide bonds. The normalized spacial score (nSPS) is 16.7. The molecule has 1 aliphatic heterocycles. The molecule has 1 atom stereocenters. The van der Waals surface area contributed by atoms with E-state index < -0.39 is 0 Å². The topological polar surface area (TPSA) is 45.2 Å². The van der Waals surface area contributed by atoms with Gasteiger partial charge in [-0.25, -0.2) is 4.98 Å². The van der Waals surface area contributed by atoms with E-state index >= 15 is 0 Å². The van der Waals surface area contributed by atoms with Crippen molar-refractivity contribution in [2.24, 2.45) is 0 Å². The maximum atomic E-state index is 12.4. The summed E-state index contributed by atoms with van der Waals surface area (Å²) in [6.07, 6.45) is 2.46. The molecule has 1 aromatic carbocycles. The van der Waals surface area contributed by atoms with Crippen molar-refractivity contribution in [3.8, 4) is 10.6 Å². The van der Waals surface area contributed by atoms with Crippen LogP contribution in [0.5, 0.6) is 0 Å². The minimum Gasteiger partial charge on any atom is -0.341 e. The molecule has 1 aliphatic rings. The zero-order valence-electron chi connectivity index (χ0n) is 14.1. The SMILES string of the molecule is CCc1ccc(-c2nc(CC(=O)N(C)C3CCNC3)cs2)cc1.Cl. The molecule has 6 heteroatoms. The van der Waals surface area contributed by atoms with Gasteiger partial charge < -0.3 is 10.2 Å². The highest BCUT2D eigenvalue weighted by Gasteiger charge is 2.23. The Kier molecular flexibility index (Phi) is 6.78. The van der Waals surface area contributed by atoms with Gasteiger partial charge in [0.25, 0.3) is 0 Å². The zero-order valence-corrected chi connectivity index (χ0v) is 15.8. The van der Waals surface area contributed by atoms with Gasteiger partial charge in [0.2, 0.25) is 5.91 Å². The first-order chi connectivity index (χ1) is 11.2. The average molecular weight is 366 g/mol. The summed E-state index contributed by atoms with van der Waals surface area (Å²) in [5, 5.41) is 6.29. The lowest BCUT2D eigenvalue weighted by Crippen LogP contribution is -2.39. The van der Waals surface area contributed by atoms with Gasteiger partial charge >= 0.3 is 0 Å². The third kappa shape index (κ3) is 4.35. The lowest BCUT2D eigenvalue weighted by atomic mass is 10.1. The van der Waals surface area contributed by atoms with Gasteiger partial charge in [0, 0.05) is 30.6 Å². The van der Waals surface area contributed by atoms with Crippen molar-refractivity contribution in [3.05, 3.63) is 40.9 Å². The molecule has 1 aromatic heterocycles. The summed E-state index contributed by atoms with van der Waals surface area (Å²) in [7, 11) is 1.90. The van der Waals surface area contributed by atoms with Crippen LogP contribution in [0.4, 0.5) is 0 Å². The van der Waals surface area contributed by atoms with Crippen LogP contribution < -0.4 is 5.32 Å². The Bertz CT molecular complexity index is 665. The van der Waals surface area contributed by atoms with E-state index in [0.717, 1.165) is 42.2 Å². The van der Waals surface area contributed by atoms with E-state index in [0.29, 0.717) is 12.5 Å². The number of aromatic nitrogens is 1. The average Bonchev–Trinajstić information content (AvgIpc) is 3.26. The molecule has 3 rings (SSSR count). The van der Waals surface area contributed by atoms with E-state index in [1.54, 1.807) is 11.3 Å². The van der Waals surface area contributed by atoms with Gasteiger partial charge in [0.1, 0.15) is 5.01 Å². The van der Waals surface area contributed by atoms with Crippen molar-refractivity contribution in [2.75, 3.05) is 20.1 Å². The summed E-state index contributed by atoms with van der Waals surface area (Å²) in [4.78, 5) is 18.9. The van der Waals surface area contributed by atoms with Gasteiger partial charge in [0.15, 0.2) is 0 Å². The maximum Gasteiger partial charge on any atom is 0.228 e. The standard InChI is InChI=1S/C18H23N3OS.ClH/c1-3-13-4-6-14(7-5-13)18-20-15(12-23-18)10-17(22)21(2)16-8-9-19-11-16;/h4-7,12,16,19H,3,8-11H2,1-2H3;1H. The smallest absolute Gasteiger partial charge is 0.228 e. The van der Waals surface area contributed by atoms with Crippen molar-refractivity contribution < 1.29 is 4.79 Å². The van der Waals surface area contributed by atoms with E-state index in [4.69, 9.17) is 0 Å². The van der Waals surface area contributed by atoms with E-state index in [1.165, 1.54) is 5.56 Å². The molecular formula is C18H24ClN3OS. The number of nitrogens with one attached hydrogen (secondary N) is 1. The Morgan fingerprint density at radius 1 is 1.38 bits per heavy atom. The number of thiazole rings is 1. The van der Waals surface area contributed by atoms with Crippen LogP contribution in [0.1, 0.15) is 24.6 Å². The summed E-state index contributed by atoms with van der Waals surface area (Å²) in [5.74, 6) is 0.150. The second kappa shape index (κ2) is 8.60. The number of benzene rings is 1. The molecule has 0 saturated carbocycles. The predicted molar refractivity (Wildman–Crippen MR) is 102 cm³/mol. The number of rotatable bonds is 5. The van der Waals surface area contributed by atoms with Crippen LogP contribution in [0.25, 0.3) is 10.6 Å². The molecule has 2 heterocycles. The second-order valence-electron chi connectivity index (χ2n) is 6.02. The largest absolute Gasteiger partial charge is 0.341 e. The van der Waals surface area contributed by atoms with Crippen LogP contribution >= 0.6 is 23.7 Å². The number of hydrogen-bond donors (Lipinski definition) is 1. The number of nitrogens with zero attached hydrogens (tertiary/aromatic N) is 2. The van der Waals surface area contributed by atoms with Crippen LogP contribution in [-0.2, 0) is 17.6 Å². The van der Waals surface area contributed by atoms with Crippen LogP contribution in [0, 0.1) is 0 Å². The van der Waals surface area contributed by atoms with Crippen molar-refractivity contribution in [2.45, 2.75) is 32.2 Å². The number of carbonyl (C=O) groups excluding carboxylic acids is 1. The summed E-state index contributed by atoms with van der Waals surface area (Å²) < 4.78 is 0. The van der Waals surface area contributed by atoms with Gasteiger partial charge in [-0.3, -0.25) is 4.79 Å². The van der Waals surface area contributed by atoms with Crippen molar-refractivity contribution in [1.82, 2.24) is 15.2 Å². The maximum absolute atomic E-state index is 12.4. The van der Waals surface area contributed by atoms with E-state index in [2.05, 4.69) is 41.5 Å². The molecule has 0 aliphatic carbocycles. The minimum absolute atomic E-state index is 0. The number of carbonyl (C=O) groups is 1. The summed E-state index contributed by atoms with van der Waals surface area (Å²) in [5.41, 5.74) is 3.32. The van der Waals surface area contributed by atoms with Crippen molar-refractivity contribution in [3.63, 3.8) is 0 Å². The van der Waals surface area contributed by atoms with Gasteiger partial charge in [-0.2, -0.15) is 0 Å². The summed E-state index contributed by atoms with van der Waals surface area (Å²) >= 11 is 1.61. The fourth-order valence-electron chi connectivity index (χ4n) is 2.86. The molecule has 1 unspecified atom stereocenters. The first-order valence-electron chi connectivity index (χ1n) is 8.17. The molecule has 4 nitrogen and oxygen atoms in total. The Morgan fingerprint density at radius 3 is 2.75 bits per heavy atom. The number of hydrogen-bond acceptors (Lipinski definition) is 4. The Hall–Kier alpha value is -1.43. The van der Waals surface area contributed by atoms with Gasteiger partial charge in [-0.1, -0.05) is 31.2 Å². The molecule has 24 heavy (non-hydrogen) atoms. The van der Waals surface area contributed by atoms with E-state index in [9.17, 15) is 4.79 Å². The van der Waals surface area contributed by atoms with Crippen LogP contribution in [0.15, 0.2) is 29.6 Å². The first-order valence-corrected chi connectivity index (χ1v) is 9.05. The number of halogens is 1. The predicted octanol–water partition coefficient (Wildman–Crippen LogP) is 3.16. The van der Waals surface area contributed by atoms with Crippen molar-refractivity contribution in [1.29, 1.82) is 0 Å². The monoisotopic (exact) mass is 365 g/mol. The summed E-state index contributed by atoms with van der Waals surface area (Å²) in [6, 6.07) is 8.83. The molecule has 1 N–H and O–H groups in total. The Labute approximate surface area is 153 Å². The first kappa shape index (κ1) is 18.9. The molecule has 0 bridgehead atoms. The van der Waals surface area contributed by atoms with E-state index in [-0.39, 0.29) is 18.3 Å². The molecule has 2 aromatic rings. The lowest BCUT2D eigenvalue weighted by molar-refractivity contribution is -0.130. The highest BCUT2D eigenvalue weighted by Crippen LogP contribution is 2.24. The molecular weight excluding hydrogens is 342 g/mol. The third-order valence-electron chi connectivity index (χ3n) is 4.47. The molecule has 0 spiro atoms.